The lowest BCUT2D eigenvalue weighted by Gasteiger charge is -2.06. The van der Waals surface area contributed by atoms with Gasteiger partial charge in [-0.3, -0.25) is 0 Å². The van der Waals surface area contributed by atoms with Gasteiger partial charge in [-0.25, -0.2) is 9.59 Å². The van der Waals surface area contributed by atoms with Gasteiger partial charge in [-0.15, -0.1) is 10.2 Å². The van der Waals surface area contributed by atoms with Gasteiger partial charge in [0, 0.05) is 13.0 Å². The van der Waals surface area contributed by atoms with E-state index in [1.54, 1.807) is 13.8 Å². The Morgan fingerprint density at radius 1 is 1.26 bits per heavy atom. The molecule has 0 aliphatic rings. The van der Waals surface area contributed by atoms with Gasteiger partial charge in [0.1, 0.15) is 11.3 Å². The fourth-order valence-corrected chi connectivity index (χ4v) is 1.66. The molecule has 7 nitrogen and oxygen atoms in total. The number of ether oxygens (including phenoxy) is 1. The molecule has 2 rings (SSSR count). The Balaban J connectivity index is 2.14. The zero-order valence-corrected chi connectivity index (χ0v) is 10.7. The van der Waals surface area contributed by atoms with Gasteiger partial charge in [0.05, 0.1) is 0 Å². The normalized spacial score (nSPS) is 10.5. The first kappa shape index (κ1) is 13.0. The van der Waals surface area contributed by atoms with Gasteiger partial charge in [0.25, 0.3) is 5.89 Å². The van der Waals surface area contributed by atoms with Crippen LogP contribution in [-0.4, -0.2) is 16.2 Å². The third-order valence-corrected chi connectivity index (χ3v) is 2.43. The summed E-state index contributed by atoms with van der Waals surface area (Å²) in [5.41, 5.74) is 0.232. The molecule has 0 radical (unpaired) electrons. The van der Waals surface area contributed by atoms with Crippen LogP contribution in [0.25, 0.3) is 0 Å². The summed E-state index contributed by atoms with van der Waals surface area (Å²) in [5, 5.41) is 7.32. The summed E-state index contributed by atoms with van der Waals surface area (Å²) < 4.78 is 15.0. The summed E-state index contributed by atoms with van der Waals surface area (Å²) in [6.45, 7) is 4.68. The van der Waals surface area contributed by atoms with Crippen molar-refractivity contribution in [3.8, 4) is 0 Å². The molecule has 2 aromatic heterocycles. The maximum absolute atomic E-state index is 11.9. The minimum Gasteiger partial charge on any atom is -0.452 e. The predicted molar refractivity (Wildman–Crippen MR) is 62.6 cm³/mol. The topological polar surface area (TPSA) is 95.4 Å². The van der Waals surface area contributed by atoms with Crippen LogP contribution in [0, 0.1) is 20.8 Å². The molecule has 2 heterocycles. The number of rotatable bonds is 3. The largest absolute Gasteiger partial charge is 0.452 e. The summed E-state index contributed by atoms with van der Waals surface area (Å²) in [5.74, 6) is 0.217. The van der Waals surface area contributed by atoms with Gasteiger partial charge in [0.15, 0.2) is 6.61 Å². The van der Waals surface area contributed by atoms with Gasteiger partial charge < -0.3 is 13.6 Å². The Labute approximate surface area is 108 Å². The van der Waals surface area contributed by atoms with Crippen molar-refractivity contribution in [3.63, 3.8) is 0 Å². The van der Waals surface area contributed by atoms with Crippen molar-refractivity contribution >= 4 is 5.97 Å². The van der Waals surface area contributed by atoms with Crippen LogP contribution in [0.1, 0.15) is 33.5 Å². The first-order chi connectivity index (χ1) is 8.97. The van der Waals surface area contributed by atoms with Crippen LogP contribution in [0.4, 0.5) is 0 Å². The zero-order valence-electron chi connectivity index (χ0n) is 10.7. The van der Waals surface area contributed by atoms with Gasteiger partial charge in [-0.05, 0) is 19.4 Å². The lowest BCUT2D eigenvalue weighted by molar-refractivity contribution is 0.0431. The standard InChI is InChI=1S/C12H12N2O5/c1-6-4-10(15)18-7(2)11(6)12(16)17-5-9-14-13-8(3)19-9/h4H,5H2,1-3H3. The van der Waals surface area contributed by atoms with Crippen molar-refractivity contribution in [1.29, 1.82) is 0 Å². The molecule has 0 aliphatic heterocycles. The second kappa shape index (κ2) is 5.05. The van der Waals surface area contributed by atoms with Gasteiger partial charge in [-0.1, -0.05) is 0 Å². The highest BCUT2D eigenvalue weighted by molar-refractivity contribution is 5.91. The number of aromatic nitrogens is 2. The molecule has 0 atom stereocenters. The number of nitrogens with zero attached hydrogens (tertiary/aromatic N) is 2. The minimum atomic E-state index is -0.602. The second-order valence-corrected chi connectivity index (χ2v) is 3.97. The molecule has 0 saturated heterocycles. The van der Waals surface area contributed by atoms with Crippen molar-refractivity contribution < 1.29 is 18.4 Å². The Kier molecular flexibility index (Phi) is 3.46. The van der Waals surface area contributed by atoms with E-state index in [9.17, 15) is 9.59 Å². The van der Waals surface area contributed by atoms with E-state index in [0.29, 0.717) is 11.5 Å². The molecule has 0 fully saturated rings. The van der Waals surface area contributed by atoms with Crippen molar-refractivity contribution in [3.05, 3.63) is 45.2 Å². The maximum atomic E-state index is 11.9. The quantitative estimate of drug-likeness (QED) is 0.771. The third-order valence-electron chi connectivity index (χ3n) is 2.43. The van der Waals surface area contributed by atoms with E-state index in [0.717, 1.165) is 0 Å². The van der Waals surface area contributed by atoms with Crippen LogP contribution in [0.15, 0.2) is 19.7 Å². The molecule has 19 heavy (non-hydrogen) atoms. The van der Waals surface area contributed by atoms with Crippen molar-refractivity contribution in [1.82, 2.24) is 10.2 Å². The summed E-state index contributed by atoms with van der Waals surface area (Å²) in [7, 11) is 0. The Bertz CT molecular complexity index is 645. The van der Waals surface area contributed by atoms with Crippen LogP contribution in [0.5, 0.6) is 0 Å². The lowest BCUT2D eigenvalue weighted by Crippen LogP contribution is -2.12. The molecule has 0 aliphatic carbocycles. The van der Waals surface area contributed by atoms with E-state index in [1.165, 1.54) is 13.0 Å². The molecule has 100 valence electrons. The Morgan fingerprint density at radius 2 is 2.00 bits per heavy atom. The number of esters is 1. The molecule has 0 aromatic carbocycles. The third kappa shape index (κ3) is 2.87. The van der Waals surface area contributed by atoms with E-state index >= 15 is 0 Å². The average Bonchev–Trinajstić information content (AvgIpc) is 2.71. The number of hydrogen-bond acceptors (Lipinski definition) is 7. The predicted octanol–water partition coefficient (Wildman–Crippen LogP) is 1.31. The van der Waals surface area contributed by atoms with Crippen molar-refractivity contribution in [2.75, 3.05) is 0 Å². The van der Waals surface area contributed by atoms with Crippen LogP contribution in [-0.2, 0) is 11.3 Å². The Hall–Kier alpha value is -2.44. The fourth-order valence-electron chi connectivity index (χ4n) is 1.66. The van der Waals surface area contributed by atoms with E-state index in [2.05, 4.69) is 10.2 Å². The summed E-state index contributed by atoms with van der Waals surface area (Å²) in [6, 6.07) is 1.24. The molecule has 0 spiro atoms. The fraction of sp³-hybridized carbons (Fsp3) is 0.333. The highest BCUT2D eigenvalue weighted by Crippen LogP contribution is 2.13. The molecular weight excluding hydrogens is 252 g/mol. The molecule has 0 unspecified atom stereocenters. The van der Waals surface area contributed by atoms with E-state index in [4.69, 9.17) is 13.6 Å². The highest BCUT2D eigenvalue weighted by atomic mass is 16.5. The number of carbonyl (C=O) groups is 1. The van der Waals surface area contributed by atoms with Crippen LogP contribution in [0.2, 0.25) is 0 Å². The smallest absolute Gasteiger partial charge is 0.342 e. The molecule has 0 amide bonds. The molecule has 7 heteroatoms. The minimum absolute atomic E-state index is 0.127. The molecule has 2 aromatic rings. The van der Waals surface area contributed by atoms with Crippen molar-refractivity contribution in [2.24, 2.45) is 0 Å². The van der Waals surface area contributed by atoms with E-state index < -0.39 is 11.6 Å². The molecule has 0 saturated carbocycles. The van der Waals surface area contributed by atoms with Crippen molar-refractivity contribution in [2.45, 2.75) is 27.4 Å². The van der Waals surface area contributed by atoms with Gasteiger partial charge in [-0.2, -0.15) is 0 Å². The molecular formula is C12H12N2O5. The lowest BCUT2D eigenvalue weighted by atomic mass is 10.1. The zero-order chi connectivity index (χ0) is 14.0. The molecule has 0 N–H and O–H groups in total. The van der Waals surface area contributed by atoms with Crippen LogP contribution >= 0.6 is 0 Å². The summed E-state index contributed by atoms with van der Waals surface area (Å²) in [4.78, 5) is 23.0. The van der Waals surface area contributed by atoms with Gasteiger partial charge in [0.2, 0.25) is 5.89 Å². The monoisotopic (exact) mass is 264 g/mol. The molecule has 0 bridgehead atoms. The van der Waals surface area contributed by atoms with E-state index in [1.807, 2.05) is 0 Å². The highest BCUT2D eigenvalue weighted by Gasteiger charge is 2.17. The van der Waals surface area contributed by atoms with Crippen LogP contribution < -0.4 is 5.63 Å². The number of aryl methyl sites for hydroxylation is 3. The van der Waals surface area contributed by atoms with E-state index in [-0.39, 0.29) is 23.8 Å². The summed E-state index contributed by atoms with van der Waals surface area (Å²) >= 11 is 0. The maximum Gasteiger partial charge on any atom is 0.342 e. The number of hydrogen-bond donors (Lipinski definition) is 0. The first-order valence-corrected chi connectivity index (χ1v) is 5.55. The number of carbonyl (C=O) groups excluding carboxylic acids is 1. The average molecular weight is 264 g/mol. The SMILES string of the molecule is Cc1nnc(COC(=O)c2c(C)cc(=O)oc2C)o1. The Morgan fingerprint density at radius 3 is 2.58 bits per heavy atom. The second-order valence-electron chi connectivity index (χ2n) is 3.97. The first-order valence-electron chi connectivity index (χ1n) is 5.55. The summed E-state index contributed by atoms with van der Waals surface area (Å²) in [6.07, 6.45) is 0. The van der Waals surface area contributed by atoms with Gasteiger partial charge >= 0.3 is 11.6 Å². The van der Waals surface area contributed by atoms with Crippen LogP contribution in [0.3, 0.4) is 0 Å².